The van der Waals surface area contributed by atoms with Gasteiger partial charge in [0.15, 0.2) is 0 Å². The number of carbonyl (C=O) groups excluding carboxylic acids is 1. The summed E-state index contributed by atoms with van der Waals surface area (Å²) in [7, 11) is -1.44. The normalized spacial score (nSPS) is 10.6. The first kappa shape index (κ1) is 13.9. The number of hydrogen-bond acceptors (Lipinski definition) is 7. The van der Waals surface area contributed by atoms with Crippen LogP contribution in [0.3, 0.4) is 0 Å². The first-order chi connectivity index (χ1) is 8.34. The number of methoxy groups -OCH3 is 2. The molecule has 0 aromatic carbocycles. The quantitative estimate of drug-likeness (QED) is 0.627. The molecule has 0 saturated heterocycles. The van der Waals surface area contributed by atoms with Crippen molar-refractivity contribution in [2.75, 3.05) is 19.5 Å². The van der Waals surface area contributed by atoms with Crippen molar-refractivity contribution in [1.82, 2.24) is 14.7 Å². The lowest BCUT2D eigenvalue weighted by Gasteiger charge is -2.07. The van der Waals surface area contributed by atoms with Crippen molar-refractivity contribution in [1.29, 1.82) is 0 Å². The topological polar surface area (TPSA) is 146 Å². The van der Waals surface area contributed by atoms with E-state index in [4.69, 9.17) is 9.47 Å². The third-order valence-electron chi connectivity index (χ3n) is 1.56. The number of nitrogens with two attached hydrogens (primary N) is 1. The molecule has 1 aromatic heterocycles. The summed E-state index contributed by atoms with van der Waals surface area (Å²) in [5.41, 5.74) is 0. The molecule has 0 bridgehead atoms. The molecule has 1 rings (SSSR count). The minimum Gasteiger partial charge on any atom is -0.481 e. The summed E-state index contributed by atoms with van der Waals surface area (Å²) in [5, 5.41) is 6.67. The summed E-state index contributed by atoms with van der Waals surface area (Å²) in [5.74, 6) is 0.0628. The molecule has 0 aliphatic rings. The second-order valence-corrected chi connectivity index (χ2v) is 4.17. The van der Waals surface area contributed by atoms with E-state index >= 15 is 0 Å². The Balaban J connectivity index is 2.87. The largest absolute Gasteiger partial charge is 0.481 e. The average molecular weight is 277 g/mol. The molecule has 0 atom stereocenters. The van der Waals surface area contributed by atoms with Crippen LogP contribution in [0.15, 0.2) is 6.07 Å². The van der Waals surface area contributed by atoms with Gasteiger partial charge in [0.25, 0.3) is 10.2 Å². The monoisotopic (exact) mass is 277 g/mol. The maximum absolute atomic E-state index is 11.2. The van der Waals surface area contributed by atoms with Gasteiger partial charge in [-0.3, -0.25) is 5.32 Å². The minimum absolute atomic E-state index is 0.132. The summed E-state index contributed by atoms with van der Waals surface area (Å²) < 4.78 is 32.3. The zero-order valence-corrected chi connectivity index (χ0v) is 10.3. The number of anilines is 1. The summed E-state index contributed by atoms with van der Waals surface area (Å²) in [4.78, 5) is 18.7. The van der Waals surface area contributed by atoms with Gasteiger partial charge in [-0.1, -0.05) is 0 Å². The predicted octanol–water partition coefficient (Wildman–Crippen LogP) is -1.18. The van der Waals surface area contributed by atoms with Crippen molar-refractivity contribution in [3.8, 4) is 11.8 Å². The van der Waals surface area contributed by atoms with Crippen LogP contribution in [0.25, 0.3) is 0 Å². The van der Waals surface area contributed by atoms with Crippen LogP contribution in [0.5, 0.6) is 11.8 Å². The average Bonchev–Trinajstić information content (AvgIpc) is 2.25. The third kappa shape index (κ3) is 4.39. The zero-order valence-electron chi connectivity index (χ0n) is 9.50. The van der Waals surface area contributed by atoms with Gasteiger partial charge in [0.1, 0.15) is 0 Å². The Morgan fingerprint density at radius 1 is 1.28 bits per heavy atom. The van der Waals surface area contributed by atoms with Gasteiger partial charge in [0, 0.05) is 0 Å². The molecule has 0 aliphatic heterocycles. The Morgan fingerprint density at radius 2 is 1.78 bits per heavy atom. The molecule has 2 amide bonds. The molecule has 100 valence electrons. The number of amides is 2. The Kier molecular flexibility index (Phi) is 4.23. The standard InChI is InChI=1S/C7H11N5O5S/c1-16-4-3-5(17-2)10-6(9-4)11-7(13)12-18(8,14)15/h3H,1-2H3,(H2,8,14,15)(H2,9,10,11,12,13). The number of carbonyl (C=O) groups is 1. The Morgan fingerprint density at radius 3 is 2.17 bits per heavy atom. The third-order valence-corrected chi connectivity index (χ3v) is 2.03. The predicted molar refractivity (Wildman–Crippen MR) is 60.4 cm³/mol. The lowest BCUT2D eigenvalue weighted by Crippen LogP contribution is -2.39. The van der Waals surface area contributed by atoms with Crippen molar-refractivity contribution in [2.45, 2.75) is 0 Å². The van der Waals surface area contributed by atoms with Crippen LogP contribution in [-0.2, 0) is 10.2 Å². The number of aromatic nitrogens is 2. The van der Waals surface area contributed by atoms with Gasteiger partial charge in [-0.25, -0.2) is 14.7 Å². The van der Waals surface area contributed by atoms with E-state index in [9.17, 15) is 13.2 Å². The first-order valence-electron chi connectivity index (χ1n) is 4.42. The van der Waals surface area contributed by atoms with Crippen LogP contribution in [0.1, 0.15) is 0 Å². The van der Waals surface area contributed by atoms with Crippen LogP contribution >= 0.6 is 0 Å². The van der Waals surface area contributed by atoms with Crippen molar-refractivity contribution < 1.29 is 22.7 Å². The lowest BCUT2D eigenvalue weighted by molar-refractivity contribution is 0.256. The van der Waals surface area contributed by atoms with E-state index in [-0.39, 0.29) is 17.7 Å². The highest BCUT2D eigenvalue weighted by Gasteiger charge is 2.12. The van der Waals surface area contributed by atoms with Gasteiger partial charge in [-0.15, -0.1) is 0 Å². The number of urea groups is 1. The van der Waals surface area contributed by atoms with Crippen LogP contribution in [0.2, 0.25) is 0 Å². The summed E-state index contributed by atoms with van der Waals surface area (Å²) >= 11 is 0. The highest BCUT2D eigenvalue weighted by Crippen LogP contribution is 2.16. The number of hydrogen-bond donors (Lipinski definition) is 3. The van der Waals surface area contributed by atoms with E-state index < -0.39 is 16.2 Å². The fourth-order valence-electron chi connectivity index (χ4n) is 0.925. The molecule has 10 nitrogen and oxygen atoms in total. The van der Waals surface area contributed by atoms with Gasteiger partial charge < -0.3 is 9.47 Å². The van der Waals surface area contributed by atoms with Gasteiger partial charge in [-0.05, 0) is 0 Å². The zero-order chi connectivity index (χ0) is 13.8. The molecule has 0 radical (unpaired) electrons. The highest BCUT2D eigenvalue weighted by atomic mass is 32.2. The smallest absolute Gasteiger partial charge is 0.336 e. The molecule has 4 N–H and O–H groups in total. The summed E-state index contributed by atoms with van der Waals surface area (Å²) in [6.45, 7) is 0. The maximum Gasteiger partial charge on any atom is 0.336 e. The summed E-state index contributed by atoms with van der Waals surface area (Å²) in [6, 6.07) is 0.274. The Hall–Kier alpha value is -2.14. The van der Waals surface area contributed by atoms with Crippen molar-refractivity contribution >= 4 is 22.2 Å². The molecule has 0 aliphatic carbocycles. The second kappa shape index (κ2) is 5.46. The lowest BCUT2D eigenvalue weighted by atomic mass is 10.6. The fraction of sp³-hybridized carbons (Fsp3) is 0.286. The molecular formula is C7H11N5O5S. The molecule has 18 heavy (non-hydrogen) atoms. The van der Waals surface area contributed by atoms with Gasteiger partial charge >= 0.3 is 6.03 Å². The molecule has 11 heteroatoms. The number of ether oxygens (including phenoxy) is 2. The molecule has 1 heterocycles. The first-order valence-corrected chi connectivity index (χ1v) is 5.97. The molecule has 0 unspecified atom stereocenters. The Bertz CT molecular complexity index is 523. The van der Waals surface area contributed by atoms with E-state index in [0.717, 1.165) is 0 Å². The molecule has 1 aromatic rings. The van der Waals surface area contributed by atoms with E-state index in [1.54, 1.807) is 0 Å². The van der Waals surface area contributed by atoms with Gasteiger partial charge in [0.2, 0.25) is 17.7 Å². The van der Waals surface area contributed by atoms with Crippen LogP contribution < -0.4 is 24.7 Å². The van der Waals surface area contributed by atoms with Gasteiger partial charge in [-0.2, -0.15) is 18.4 Å². The van der Waals surface area contributed by atoms with Gasteiger partial charge in [0.05, 0.1) is 20.3 Å². The van der Waals surface area contributed by atoms with Crippen molar-refractivity contribution in [2.24, 2.45) is 5.14 Å². The molecule has 0 saturated carbocycles. The van der Waals surface area contributed by atoms with E-state index in [2.05, 4.69) is 20.4 Å². The molecule has 0 spiro atoms. The SMILES string of the molecule is COc1cc(OC)nc(NC(=O)NS(N)(=O)=O)n1. The number of nitrogens with zero attached hydrogens (tertiary/aromatic N) is 2. The van der Waals surface area contributed by atoms with Crippen molar-refractivity contribution in [3.63, 3.8) is 0 Å². The Labute approximate surface area is 103 Å². The second-order valence-electron chi connectivity index (χ2n) is 2.88. The van der Waals surface area contributed by atoms with E-state index in [1.165, 1.54) is 25.0 Å². The van der Waals surface area contributed by atoms with Crippen LogP contribution in [0.4, 0.5) is 10.7 Å². The number of nitrogens with one attached hydrogen (secondary N) is 2. The fourth-order valence-corrected chi connectivity index (χ4v) is 1.23. The molecule has 0 fully saturated rings. The highest BCUT2D eigenvalue weighted by molar-refractivity contribution is 7.87. The maximum atomic E-state index is 11.2. The van der Waals surface area contributed by atoms with E-state index in [1.807, 2.05) is 0 Å². The van der Waals surface area contributed by atoms with E-state index in [0.29, 0.717) is 0 Å². The van der Waals surface area contributed by atoms with Crippen LogP contribution in [0, 0.1) is 0 Å². The number of rotatable bonds is 4. The summed E-state index contributed by atoms with van der Waals surface area (Å²) in [6.07, 6.45) is 0. The van der Waals surface area contributed by atoms with Crippen molar-refractivity contribution in [3.05, 3.63) is 6.07 Å². The minimum atomic E-state index is -4.15. The van der Waals surface area contributed by atoms with Crippen LogP contribution in [-0.4, -0.2) is 38.6 Å². The molecular weight excluding hydrogens is 266 g/mol.